The number of carbonyl (C=O) groups is 1. The minimum Gasteiger partial charge on any atom is -0.488 e. The normalized spacial score (nSPS) is 13.9. The van der Waals surface area contributed by atoms with Crippen LogP contribution in [0.1, 0.15) is 35.3 Å². The lowest BCUT2D eigenvalue weighted by Gasteiger charge is -2.30. The summed E-state index contributed by atoms with van der Waals surface area (Å²) in [5.74, 6) is -0.982. The van der Waals surface area contributed by atoms with Crippen LogP contribution in [0.15, 0.2) is 48.5 Å². The van der Waals surface area contributed by atoms with E-state index in [1.807, 2.05) is 30.3 Å². The highest BCUT2D eigenvalue weighted by molar-refractivity contribution is 6.04. The predicted molar refractivity (Wildman–Crippen MR) is 112 cm³/mol. The number of carboxylic acid groups (broad SMARTS) is 1. The fraction of sp³-hybridized carbons (Fsp3) is 0.273. The number of hydrogen-bond donors (Lipinski definition) is 1. The van der Waals surface area contributed by atoms with Crippen molar-refractivity contribution < 1.29 is 19.6 Å². The van der Waals surface area contributed by atoms with Crippen molar-refractivity contribution in [2.24, 2.45) is 0 Å². The molecule has 4 rings (SSSR count). The molecule has 2 aromatic carbocycles. The Morgan fingerprint density at radius 3 is 2.53 bits per heavy atom. The van der Waals surface area contributed by atoms with Crippen LogP contribution in [0.3, 0.4) is 0 Å². The Kier molecular flexibility index (Phi) is 5.47. The maximum absolute atomic E-state index is 11.6. The van der Waals surface area contributed by atoms with Crippen LogP contribution in [0.5, 0.6) is 5.75 Å². The molecule has 0 atom stereocenters. The van der Waals surface area contributed by atoms with Crippen LogP contribution in [0.2, 0.25) is 0 Å². The van der Waals surface area contributed by atoms with E-state index in [2.05, 4.69) is 9.88 Å². The van der Waals surface area contributed by atoms with Crippen molar-refractivity contribution in [2.45, 2.75) is 25.9 Å². The van der Waals surface area contributed by atoms with Gasteiger partial charge in [0.1, 0.15) is 12.4 Å². The van der Waals surface area contributed by atoms with Gasteiger partial charge in [-0.15, -0.1) is 0 Å². The summed E-state index contributed by atoms with van der Waals surface area (Å²) in [4.78, 5) is 29.0. The van der Waals surface area contributed by atoms with Gasteiger partial charge in [-0.05, 0) is 30.9 Å². The molecule has 2 heterocycles. The largest absolute Gasteiger partial charge is 0.488 e. The zero-order valence-electron chi connectivity index (χ0n) is 16.3. The number of hydrogen-bond acceptors (Lipinski definition) is 6. The van der Waals surface area contributed by atoms with Crippen LogP contribution in [-0.4, -0.2) is 34.1 Å². The van der Waals surface area contributed by atoms with Crippen LogP contribution in [0.25, 0.3) is 10.9 Å². The first kappa shape index (κ1) is 19.6. The van der Waals surface area contributed by atoms with Gasteiger partial charge in [-0.25, -0.2) is 9.78 Å². The van der Waals surface area contributed by atoms with Gasteiger partial charge >= 0.3 is 5.97 Å². The second-order valence-electron chi connectivity index (χ2n) is 7.22. The van der Waals surface area contributed by atoms with Crippen molar-refractivity contribution in [1.29, 1.82) is 0 Å². The van der Waals surface area contributed by atoms with Crippen LogP contribution in [0.4, 0.5) is 11.4 Å². The van der Waals surface area contributed by atoms with E-state index < -0.39 is 10.9 Å². The molecule has 0 bridgehead atoms. The molecule has 8 heteroatoms. The van der Waals surface area contributed by atoms with Gasteiger partial charge in [0.2, 0.25) is 0 Å². The third-order valence-corrected chi connectivity index (χ3v) is 5.23. The van der Waals surface area contributed by atoms with E-state index in [-0.39, 0.29) is 29.3 Å². The molecular formula is C22H21N3O5. The summed E-state index contributed by atoms with van der Waals surface area (Å²) in [7, 11) is 0. The van der Waals surface area contributed by atoms with E-state index in [0.717, 1.165) is 43.6 Å². The van der Waals surface area contributed by atoms with Crippen molar-refractivity contribution in [2.75, 3.05) is 18.0 Å². The smallest absolute Gasteiger partial charge is 0.354 e. The van der Waals surface area contributed by atoms with Gasteiger partial charge in [0.25, 0.3) is 5.69 Å². The Bertz CT molecular complexity index is 1090. The number of anilines is 1. The number of nitrogens with zero attached hydrogens (tertiary/aromatic N) is 3. The Balaban J connectivity index is 1.90. The van der Waals surface area contributed by atoms with E-state index in [4.69, 9.17) is 4.74 Å². The molecule has 1 aliphatic heterocycles. The molecule has 1 aliphatic rings. The summed E-state index contributed by atoms with van der Waals surface area (Å²) in [6.07, 6.45) is 3.19. The fourth-order valence-corrected chi connectivity index (χ4v) is 3.78. The summed E-state index contributed by atoms with van der Waals surface area (Å²) in [5.41, 5.74) is 1.20. The molecule has 1 fully saturated rings. The molecular weight excluding hydrogens is 386 g/mol. The Labute approximate surface area is 172 Å². The highest BCUT2D eigenvalue weighted by Gasteiger charge is 2.25. The number of ether oxygens (including phenoxy) is 1. The van der Waals surface area contributed by atoms with Gasteiger partial charge in [0, 0.05) is 25.2 Å². The van der Waals surface area contributed by atoms with Crippen LogP contribution < -0.4 is 9.64 Å². The summed E-state index contributed by atoms with van der Waals surface area (Å²) in [6, 6.07) is 13.9. The highest BCUT2D eigenvalue weighted by Crippen LogP contribution is 2.40. The third-order valence-electron chi connectivity index (χ3n) is 5.23. The average Bonchev–Trinajstić information content (AvgIpc) is 2.77. The molecule has 0 saturated carbocycles. The molecule has 8 nitrogen and oxygen atoms in total. The summed E-state index contributed by atoms with van der Waals surface area (Å²) < 4.78 is 6.01. The fourth-order valence-electron chi connectivity index (χ4n) is 3.78. The van der Waals surface area contributed by atoms with Crippen LogP contribution in [-0.2, 0) is 6.61 Å². The monoisotopic (exact) mass is 407 g/mol. The van der Waals surface area contributed by atoms with Crippen molar-refractivity contribution in [3.8, 4) is 5.75 Å². The molecule has 1 saturated heterocycles. The number of aromatic nitrogens is 1. The summed E-state index contributed by atoms with van der Waals surface area (Å²) >= 11 is 0. The molecule has 1 N–H and O–H groups in total. The SMILES string of the molecule is O=C(O)c1cc(OCc2ccccc2)c2c(N3CCCCC3)ccc([N+](=O)[O-])c2n1. The van der Waals surface area contributed by atoms with Crippen LogP contribution >= 0.6 is 0 Å². The number of piperidine rings is 1. The molecule has 154 valence electrons. The summed E-state index contributed by atoms with van der Waals surface area (Å²) in [6.45, 7) is 1.86. The average molecular weight is 407 g/mol. The van der Waals surface area contributed by atoms with Gasteiger partial charge in [0.15, 0.2) is 11.2 Å². The lowest BCUT2D eigenvalue weighted by molar-refractivity contribution is -0.383. The van der Waals surface area contributed by atoms with E-state index in [9.17, 15) is 20.0 Å². The first-order valence-corrected chi connectivity index (χ1v) is 9.81. The maximum atomic E-state index is 11.6. The highest BCUT2D eigenvalue weighted by atomic mass is 16.6. The van der Waals surface area contributed by atoms with Crippen molar-refractivity contribution in [3.63, 3.8) is 0 Å². The molecule has 0 amide bonds. The first-order valence-electron chi connectivity index (χ1n) is 9.81. The molecule has 0 aliphatic carbocycles. The topological polar surface area (TPSA) is 106 Å². The van der Waals surface area contributed by atoms with Gasteiger partial charge in [-0.2, -0.15) is 0 Å². The second kappa shape index (κ2) is 8.36. The zero-order chi connectivity index (χ0) is 21.1. The number of aromatic carboxylic acids is 1. The third kappa shape index (κ3) is 3.89. The Hall–Kier alpha value is -3.68. The molecule has 1 aromatic heterocycles. The van der Waals surface area contributed by atoms with Gasteiger partial charge < -0.3 is 14.7 Å². The predicted octanol–water partition coefficient (Wildman–Crippen LogP) is 4.41. The minimum atomic E-state index is -1.26. The van der Waals surface area contributed by atoms with E-state index in [1.54, 1.807) is 6.07 Å². The quantitative estimate of drug-likeness (QED) is 0.476. The standard InChI is InChI=1S/C22H21N3O5/c26-22(27)16-13-19(30-14-15-7-3-1-4-8-15)20-17(24-11-5-2-6-12-24)9-10-18(25(28)29)21(20)23-16/h1,3-4,7-10,13H,2,5-6,11-12,14H2,(H,26,27). The van der Waals surface area contributed by atoms with Crippen molar-refractivity contribution in [1.82, 2.24) is 4.98 Å². The van der Waals surface area contributed by atoms with Gasteiger partial charge in [0.05, 0.1) is 16.0 Å². The van der Waals surface area contributed by atoms with E-state index in [0.29, 0.717) is 5.39 Å². The number of benzene rings is 2. The molecule has 30 heavy (non-hydrogen) atoms. The lowest BCUT2D eigenvalue weighted by atomic mass is 10.1. The Morgan fingerprint density at radius 2 is 1.87 bits per heavy atom. The molecule has 0 radical (unpaired) electrons. The zero-order valence-corrected chi connectivity index (χ0v) is 16.3. The van der Waals surface area contributed by atoms with E-state index in [1.165, 1.54) is 12.1 Å². The summed E-state index contributed by atoms with van der Waals surface area (Å²) in [5, 5.41) is 21.6. The van der Waals surface area contributed by atoms with Crippen molar-refractivity contribution >= 4 is 28.2 Å². The van der Waals surface area contributed by atoms with E-state index >= 15 is 0 Å². The molecule has 0 unspecified atom stereocenters. The number of nitro benzene ring substituents is 1. The Morgan fingerprint density at radius 1 is 1.13 bits per heavy atom. The second-order valence-corrected chi connectivity index (χ2v) is 7.22. The number of pyridine rings is 1. The number of carboxylic acids is 1. The molecule has 0 spiro atoms. The minimum absolute atomic E-state index is 0.0334. The number of non-ortho nitro benzene ring substituents is 1. The lowest BCUT2D eigenvalue weighted by Crippen LogP contribution is -2.29. The van der Waals surface area contributed by atoms with Gasteiger partial charge in [-0.1, -0.05) is 30.3 Å². The first-order chi connectivity index (χ1) is 14.5. The van der Waals surface area contributed by atoms with Crippen LogP contribution in [0, 0.1) is 10.1 Å². The van der Waals surface area contributed by atoms with Gasteiger partial charge in [-0.3, -0.25) is 10.1 Å². The number of fused-ring (bicyclic) bond motifs is 1. The molecule has 3 aromatic rings. The number of rotatable bonds is 6. The maximum Gasteiger partial charge on any atom is 0.354 e. The number of nitro groups is 1. The van der Waals surface area contributed by atoms with Crippen molar-refractivity contribution in [3.05, 3.63) is 69.9 Å².